The second-order valence-electron chi connectivity index (χ2n) is 4.21. The van der Waals surface area contributed by atoms with E-state index >= 15 is 0 Å². The fourth-order valence-corrected chi connectivity index (χ4v) is 1.47. The maximum Gasteiger partial charge on any atom is 0.305 e. The minimum atomic E-state index is -0.179. The van der Waals surface area contributed by atoms with Crippen molar-refractivity contribution in [2.45, 2.75) is 51.9 Å². The predicted octanol–water partition coefficient (Wildman–Crippen LogP) is 1.39. The molecule has 5 heteroatoms. The molecule has 18 heavy (non-hydrogen) atoms. The average Bonchev–Trinajstić information content (AvgIpc) is 2.37. The van der Waals surface area contributed by atoms with Gasteiger partial charge in [-0.1, -0.05) is 26.2 Å². The first-order valence-corrected chi connectivity index (χ1v) is 6.74. The molecule has 0 saturated carbocycles. The highest BCUT2D eigenvalue weighted by Gasteiger charge is 2.04. The lowest BCUT2D eigenvalue weighted by atomic mass is 10.2. The van der Waals surface area contributed by atoms with E-state index in [-0.39, 0.29) is 25.0 Å². The Morgan fingerprint density at radius 1 is 1.11 bits per heavy atom. The summed E-state index contributed by atoms with van der Waals surface area (Å²) in [4.78, 5) is 22.4. The van der Waals surface area contributed by atoms with Gasteiger partial charge in [0.2, 0.25) is 5.91 Å². The molecule has 5 nitrogen and oxygen atoms in total. The summed E-state index contributed by atoms with van der Waals surface area (Å²) in [5.74, 6) is -0.301. The van der Waals surface area contributed by atoms with E-state index in [1.54, 1.807) is 0 Å². The highest BCUT2D eigenvalue weighted by molar-refractivity contribution is 5.75. The largest absolute Gasteiger partial charge is 0.466 e. The molecule has 0 aliphatic heterocycles. The van der Waals surface area contributed by atoms with Crippen molar-refractivity contribution in [1.82, 2.24) is 5.32 Å². The molecule has 0 aliphatic carbocycles. The van der Waals surface area contributed by atoms with Crippen molar-refractivity contribution in [2.75, 3.05) is 19.8 Å². The van der Waals surface area contributed by atoms with Crippen molar-refractivity contribution in [2.24, 2.45) is 0 Å². The minimum Gasteiger partial charge on any atom is -0.466 e. The second-order valence-corrected chi connectivity index (χ2v) is 4.21. The number of rotatable bonds is 11. The second kappa shape index (κ2) is 12.4. The van der Waals surface area contributed by atoms with Gasteiger partial charge in [0, 0.05) is 19.4 Å². The SMILES string of the molecule is CCCCCCC(=O)OCCCC(=O)NCCO. The van der Waals surface area contributed by atoms with E-state index in [1.807, 2.05) is 0 Å². The summed E-state index contributed by atoms with van der Waals surface area (Å²) in [7, 11) is 0. The van der Waals surface area contributed by atoms with E-state index in [9.17, 15) is 9.59 Å². The number of aliphatic hydroxyl groups excluding tert-OH is 1. The van der Waals surface area contributed by atoms with E-state index in [2.05, 4.69) is 12.2 Å². The van der Waals surface area contributed by atoms with Gasteiger partial charge < -0.3 is 15.2 Å². The Balaban J connectivity index is 3.31. The first-order valence-electron chi connectivity index (χ1n) is 6.74. The van der Waals surface area contributed by atoms with Gasteiger partial charge in [-0.25, -0.2) is 0 Å². The van der Waals surface area contributed by atoms with E-state index in [0.717, 1.165) is 25.7 Å². The van der Waals surface area contributed by atoms with Crippen LogP contribution in [-0.4, -0.2) is 36.7 Å². The van der Waals surface area contributed by atoms with E-state index in [0.29, 0.717) is 25.9 Å². The first-order chi connectivity index (χ1) is 8.70. The Labute approximate surface area is 109 Å². The molecule has 0 aromatic carbocycles. The summed E-state index contributed by atoms with van der Waals surface area (Å²) in [6.07, 6.45) is 5.56. The van der Waals surface area contributed by atoms with Crippen LogP contribution in [-0.2, 0) is 14.3 Å². The maximum atomic E-state index is 11.3. The van der Waals surface area contributed by atoms with E-state index in [1.165, 1.54) is 0 Å². The molecule has 2 N–H and O–H groups in total. The van der Waals surface area contributed by atoms with Crippen LogP contribution in [0.4, 0.5) is 0 Å². The van der Waals surface area contributed by atoms with Gasteiger partial charge in [-0.05, 0) is 12.8 Å². The third-order valence-corrected chi connectivity index (χ3v) is 2.48. The van der Waals surface area contributed by atoms with Crippen molar-refractivity contribution in [1.29, 1.82) is 0 Å². The highest BCUT2D eigenvalue weighted by atomic mass is 16.5. The maximum absolute atomic E-state index is 11.3. The van der Waals surface area contributed by atoms with Gasteiger partial charge in [0.15, 0.2) is 0 Å². The number of carbonyl (C=O) groups is 2. The van der Waals surface area contributed by atoms with Crippen LogP contribution >= 0.6 is 0 Å². The standard InChI is InChI=1S/C13H25NO4/c1-2-3-4-5-8-13(17)18-11-6-7-12(16)14-9-10-15/h15H,2-11H2,1H3,(H,14,16). The van der Waals surface area contributed by atoms with Crippen LogP contribution in [0.3, 0.4) is 0 Å². The summed E-state index contributed by atoms with van der Waals surface area (Å²) < 4.78 is 5.01. The molecule has 0 heterocycles. The summed E-state index contributed by atoms with van der Waals surface area (Å²) >= 11 is 0. The van der Waals surface area contributed by atoms with Crippen LogP contribution in [0.2, 0.25) is 0 Å². The van der Waals surface area contributed by atoms with Gasteiger partial charge in [-0.3, -0.25) is 9.59 Å². The molecule has 0 spiro atoms. The summed E-state index contributed by atoms with van der Waals surface area (Å²) in [5, 5.41) is 11.0. The molecule has 0 radical (unpaired) electrons. The molecule has 106 valence electrons. The first kappa shape index (κ1) is 16.9. The zero-order chi connectivity index (χ0) is 13.6. The lowest BCUT2D eigenvalue weighted by Gasteiger charge is -2.05. The molecule has 0 aliphatic rings. The summed E-state index contributed by atoms with van der Waals surface area (Å²) in [5.41, 5.74) is 0. The van der Waals surface area contributed by atoms with Crippen molar-refractivity contribution in [3.05, 3.63) is 0 Å². The number of nitrogens with one attached hydrogen (secondary N) is 1. The molecule has 1 amide bonds. The zero-order valence-electron chi connectivity index (χ0n) is 11.2. The van der Waals surface area contributed by atoms with Crippen LogP contribution in [0.25, 0.3) is 0 Å². The van der Waals surface area contributed by atoms with Crippen LogP contribution in [0, 0.1) is 0 Å². The van der Waals surface area contributed by atoms with Crippen LogP contribution in [0.1, 0.15) is 51.9 Å². The molecule has 0 rings (SSSR count). The van der Waals surface area contributed by atoms with Gasteiger partial charge in [0.25, 0.3) is 0 Å². The monoisotopic (exact) mass is 259 g/mol. The molecular formula is C13H25NO4. The van der Waals surface area contributed by atoms with Gasteiger partial charge in [0.05, 0.1) is 13.2 Å². The summed E-state index contributed by atoms with van der Waals surface area (Å²) in [6, 6.07) is 0. The lowest BCUT2D eigenvalue weighted by Crippen LogP contribution is -2.26. The normalized spacial score (nSPS) is 10.1. The predicted molar refractivity (Wildman–Crippen MR) is 69.0 cm³/mol. The van der Waals surface area contributed by atoms with Crippen LogP contribution in [0.15, 0.2) is 0 Å². The topological polar surface area (TPSA) is 75.6 Å². The highest BCUT2D eigenvalue weighted by Crippen LogP contribution is 2.03. The minimum absolute atomic E-state index is 0.0571. The van der Waals surface area contributed by atoms with E-state index < -0.39 is 0 Å². The Morgan fingerprint density at radius 2 is 1.89 bits per heavy atom. The Kier molecular flexibility index (Phi) is 11.6. The molecule has 0 saturated heterocycles. The van der Waals surface area contributed by atoms with Crippen molar-refractivity contribution >= 4 is 11.9 Å². The third-order valence-electron chi connectivity index (χ3n) is 2.48. The Morgan fingerprint density at radius 3 is 2.56 bits per heavy atom. The Bertz CT molecular complexity index is 231. The van der Waals surface area contributed by atoms with Gasteiger partial charge >= 0.3 is 5.97 Å². The molecule has 0 aromatic rings. The number of unbranched alkanes of at least 4 members (excludes halogenated alkanes) is 3. The van der Waals surface area contributed by atoms with Crippen molar-refractivity contribution in [3.63, 3.8) is 0 Å². The molecule has 0 bridgehead atoms. The molecule has 0 unspecified atom stereocenters. The molecule has 0 atom stereocenters. The van der Waals surface area contributed by atoms with Crippen LogP contribution in [0.5, 0.6) is 0 Å². The fourth-order valence-electron chi connectivity index (χ4n) is 1.47. The van der Waals surface area contributed by atoms with Gasteiger partial charge in [0.1, 0.15) is 0 Å². The zero-order valence-corrected chi connectivity index (χ0v) is 11.2. The van der Waals surface area contributed by atoms with Crippen LogP contribution < -0.4 is 5.32 Å². The smallest absolute Gasteiger partial charge is 0.305 e. The van der Waals surface area contributed by atoms with E-state index in [4.69, 9.17) is 9.84 Å². The lowest BCUT2D eigenvalue weighted by molar-refractivity contribution is -0.144. The molecule has 0 fully saturated rings. The van der Waals surface area contributed by atoms with Crippen molar-refractivity contribution in [3.8, 4) is 0 Å². The number of carbonyl (C=O) groups excluding carboxylic acids is 2. The summed E-state index contributed by atoms with van der Waals surface area (Å²) in [6.45, 7) is 2.63. The number of hydrogen-bond donors (Lipinski definition) is 2. The number of aliphatic hydroxyl groups is 1. The number of amides is 1. The number of hydrogen-bond acceptors (Lipinski definition) is 4. The van der Waals surface area contributed by atoms with Crippen molar-refractivity contribution < 1.29 is 19.4 Å². The quantitative estimate of drug-likeness (QED) is 0.434. The average molecular weight is 259 g/mol. The van der Waals surface area contributed by atoms with Gasteiger partial charge in [-0.2, -0.15) is 0 Å². The van der Waals surface area contributed by atoms with Gasteiger partial charge in [-0.15, -0.1) is 0 Å². The molecular weight excluding hydrogens is 234 g/mol. The molecule has 0 aromatic heterocycles. The number of ether oxygens (including phenoxy) is 1. The Hall–Kier alpha value is -1.10. The number of esters is 1. The fraction of sp³-hybridized carbons (Fsp3) is 0.846. The third kappa shape index (κ3) is 11.4.